The van der Waals surface area contributed by atoms with Crippen LogP contribution in [-0.2, 0) is 9.59 Å². The van der Waals surface area contributed by atoms with Crippen molar-refractivity contribution in [1.29, 1.82) is 0 Å². The first kappa shape index (κ1) is 18.2. The number of carbonyl (C=O) groups excluding carboxylic acids is 3. The summed E-state index contributed by atoms with van der Waals surface area (Å²) in [7, 11) is 1.64. The summed E-state index contributed by atoms with van der Waals surface area (Å²) in [5, 5.41) is 0. The summed E-state index contributed by atoms with van der Waals surface area (Å²) in [6.07, 6.45) is 0.627. The average Bonchev–Trinajstić information content (AvgIpc) is 3.01. The molecule has 4 rings (SSSR count). The summed E-state index contributed by atoms with van der Waals surface area (Å²) in [5.74, 6) is 0.753. The van der Waals surface area contributed by atoms with Crippen molar-refractivity contribution in [1.82, 2.24) is 9.80 Å². The summed E-state index contributed by atoms with van der Waals surface area (Å²) in [6, 6.07) is 15.3. The highest BCUT2D eigenvalue weighted by atomic mass is 16.5. The van der Waals surface area contributed by atoms with Gasteiger partial charge in [0.1, 0.15) is 5.75 Å². The molecule has 0 unspecified atom stereocenters. The van der Waals surface area contributed by atoms with E-state index in [1.165, 1.54) is 4.90 Å². The first-order valence-corrected chi connectivity index (χ1v) is 9.42. The lowest BCUT2D eigenvalue weighted by Crippen LogP contribution is -2.54. The van der Waals surface area contributed by atoms with E-state index in [1.807, 2.05) is 48.5 Å². The minimum atomic E-state index is -0.0945. The zero-order valence-corrected chi connectivity index (χ0v) is 15.8. The van der Waals surface area contributed by atoms with Crippen LogP contribution in [0.2, 0.25) is 0 Å². The zero-order chi connectivity index (χ0) is 19.7. The van der Waals surface area contributed by atoms with Crippen molar-refractivity contribution >= 4 is 17.7 Å². The fraction of sp³-hybridized carbons (Fsp3) is 0.318. The average molecular weight is 378 g/mol. The summed E-state index contributed by atoms with van der Waals surface area (Å²) in [5.41, 5.74) is 2.68. The molecule has 0 atom stereocenters. The number of methoxy groups -OCH3 is 1. The van der Waals surface area contributed by atoms with Crippen LogP contribution in [0, 0.1) is 5.92 Å². The number of hydrogen-bond donors (Lipinski definition) is 0. The summed E-state index contributed by atoms with van der Waals surface area (Å²) in [6.45, 7) is 1.58. The van der Waals surface area contributed by atoms with Crippen molar-refractivity contribution in [2.75, 3.05) is 26.7 Å². The van der Waals surface area contributed by atoms with Crippen LogP contribution in [0.15, 0.2) is 48.5 Å². The number of likely N-dealkylation sites (tertiary alicyclic amines) is 2. The van der Waals surface area contributed by atoms with Crippen molar-refractivity contribution in [2.24, 2.45) is 5.92 Å². The quantitative estimate of drug-likeness (QED) is 0.750. The number of imide groups is 1. The van der Waals surface area contributed by atoms with E-state index in [4.69, 9.17) is 4.74 Å². The van der Waals surface area contributed by atoms with Crippen molar-refractivity contribution in [3.05, 3.63) is 54.1 Å². The molecule has 0 aromatic heterocycles. The molecule has 0 spiro atoms. The van der Waals surface area contributed by atoms with Crippen LogP contribution in [0.25, 0.3) is 11.1 Å². The number of rotatable bonds is 5. The Morgan fingerprint density at radius 2 is 1.68 bits per heavy atom. The Labute approximate surface area is 163 Å². The lowest BCUT2D eigenvalue weighted by Gasteiger charge is -2.40. The third kappa shape index (κ3) is 3.50. The number of carbonyl (C=O) groups is 3. The summed E-state index contributed by atoms with van der Waals surface area (Å²) >= 11 is 0. The van der Waals surface area contributed by atoms with Gasteiger partial charge in [-0.25, -0.2) is 0 Å². The lowest BCUT2D eigenvalue weighted by molar-refractivity contribution is -0.139. The van der Waals surface area contributed by atoms with E-state index in [0.717, 1.165) is 16.9 Å². The van der Waals surface area contributed by atoms with E-state index in [1.54, 1.807) is 12.0 Å². The molecule has 0 saturated carbocycles. The van der Waals surface area contributed by atoms with E-state index in [0.29, 0.717) is 38.0 Å². The monoisotopic (exact) mass is 378 g/mol. The Balaban J connectivity index is 1.36. The van der Waals surface area contributed by atoms with Crippen molar-refractivity contribution in [3.8, 4) is 16.9 Å². The second-order valence-corrected chi connectivity index (χ2v) is 7.28. The highest BCUT2D eigenvalue weighted by Gasteiger charge is 2.37. The molecule has 6 nitrogen and oxygen atoms in total. The van der Waals surface area contributed by atoms with E-state index >= 15 is 0 Å². The molecule has 2 aliphatic rings. The second-order valence-electron chi connectivity index (χ2n) is 7.28. The van der Waals surface area contributed by atoms with E-state index in [-0.39, 0.29) is 23.6 Å². The van der Waals surface area contributed by atoms with Gasteiger partial charge in [0, 0.05) is 44.0 Å². The molecular weight excluding hydrogens is 356 g/mol. The van der Waals surface area contributed by atoms with Crippen molar-refractivity contribution in [3.63, 3.8) is 0 Å². The SMILES string of the molecule is COc1cccc(-c2ccc(C(=O)N3CC(CN4C(=O)CCC4=O)C3)cc2)c1. The van der Waals surface area contributed by atoms with Crippen LogP contribution in [-0.4, -0.2) is 54.3 Å². The van der Waals surface area contributed by atoms with Crippen LogP contribution >= 0.6 is 0 Å². The van der Waals surface area contributed by atoms with Gasteiger partial charge >= 0.3 is 0 Å². The van der Waals surface area contributed by atoms with Gasteiger partial charge in [-0.1, -0.05) is 24.3 Å². The predicted molar refractivity (Wildman–Crippen MR) is 104 cm³/mol. The molecule has 0 bridgehead atoms. The molecule has 144 valence electrons. The Hall–Kier alpha value is -3.15. The van der Waals surface area contributed by atoms with Gasteiger partial charge in [-0.05, 0) is 35.4 Å². The molecule has 2 aromatic rings. The molecule has 0 aliphatic carbocycles. The number of amides is 3. The van der Waals surface area contributed by atoms with Crippen LogP contribution < -0.4 is 4.74 Å². The van der Waals surface area contributed by atoms with Gasteiger partial charge in [0.25, 0.3) is 5.91 Å². The fourth-order valence-electron chi connectivity index (χ4n) is 3.73. The van der Waals surface area contributed by atoms with Crippen LogP contribution in [0.5, 0.6) is 5.75 Å². The second kappa shape index (κ2) is 7.46. The minimum absolute atomic E-state index is 0.0208. The van der Waals surface area contributed by atoms with Gasteiger partial charge < -0.3 is 9.64 Å². The van der Waals surface area contributed by atoms with Gasteiger partial charge in [0.15, 0.2) is 0 Å². The molecule has 2 saturated heterocycles. The molecular formula is C22H22N2O4. The third-order valence-corrected chi connectivity index (χ3v) is 5.37. The Kier molecular flexibility index (Phi) is 4.86. The van der Waals surface area contributed by atoms with Gasteiger partial charge in [-0.15, -0.1) is 0 Å². The Morgan fingerprint density at radius 1 is 1.00 bits per heavy atom. The molecule has 3 amide bonds. The highest BCUT2D eigenvalue weighted by molar-refractivity contribution is 6.02. The number of ether oxygens (including phenoxy) is 1. The van der Waals surface area contributed by atoms with E-state index < -0.39 is 0 Å². The Morgan fingerprint density at radius 3 is 2.32 bits per heavy atom. The zero-order valence-electron chi connectivity index (χ0n) is 15.8. The number of nitrogens with zero attached hydrogens (tertiary/aromatic N) is 2. The normalized spacial score (nSPS) is 17.0. The number of hydrogen-bond acceptors (Lipinski definition) is 4. The third-order valence-electron chi connectivity index (χ3n) is 5.37. The molecule has 28 heavy (non-hydrogen) atoms. The first-order valence-electron chi connectivity index (χ1n) is 9.42. The molecule has 2 heterocycles. The molecule has 0 N–H and O–H groups in total. The topological polar surface area (TPSA) is 66.9 Å². The summed E-state index contributed by atoms with van der Waals surface area (Å²) in [4.78, 5) is 39.2. The van der Waals surface area contributed by atoms with Gasteiger partial charge in [-0.2, -0.15) is 0 Å². The maximum atomic E-state index is 12.6. The largest absolute Gasteiger partial charge is 0.497 e. The Bertz CT molecular complexity index is 900. The van der Waals surface area contributed by atoms with Crippen LogP contribution in [0.1, 0.15) is 23.2 Å². The standard InChI is InChI=1S/C22H22N2O4/c1-28-19-4-2-3-18(11-19)16-5-7-17(8-6-16)22(27)23-12-15(13-23)14-24-20(25)9-10-21(24)26/h2-8,11,15H,9-10,12-14H2,1H3. The number of benzene rings is 2. The molecule has 2 aliphatic heterocycles. The van der Waals surface area contributed by atoms with E-state index in [2.05, 4.69) is 0 Å². The van der Waals surface area contributed by atoms with Crippen molar-refractivity contribution < 1.29 is 19.1 Å². The van der Waals surface area contributed by atoms with Gasteiger partial charge in [0.2, 0.25) is 11.8 Å². The predicted octanol–water partition coefficient (Wildman–Crippen LogP) is 2.58. The van der Waals surface area contributed by atoms with E-state index in [9.17, 15) is 14.4 Å². The lowest BCUT2D eigenvalue weighted by atomic mass is 9.97. The molecule has 6 heteroatoms. The molecule has 0 radical (unpaired) electrons. The highest BCUT2D eigenvalue weighted by Crippen LogP contribution is 2.26. The fourth-order valence-corrected chi connectivity index (χ4v) is 3.73. The smallest absolute Gasteiger partial charge is 0.253 e. The van der Waals surface area contributed by atoms with Gasteiger partial charge in [0.05, 0.1) is 7.11 Å². The van der Waals surface area contributed by atoms with Crippen LogP contribution in [0.4, 0.5) is 0 Å². The van der Waals surface area contributed by atoms with Crippen molar-refractivity contribution in [2.45, 2.75) is 12.8 Å². The first-order chi connectivity index (χ1) is 13.5. The molecule has 2 fully saturated rings. The molecule has 2 aromatic carbocycles. The van der Waals surface area contributed by atoms with Gasteiger partial charge in [-0.3, -0.25) is 19.3 Å². The maximum Gasteiger partial charge on any atom is 0.253 e. The van der Waals surface area contributed by atoms with Crippen LogP contribution in [0.3, 0.4) is 0 Å². The minimum Gasteiger partial charge on any atom is -0.497 e. The maximum absolute atomic E-state index is 12.6. The summed E-state index contributed by atoms with van der Waals surface area (Å²) < 4.78 is 5.26.